The van der Waals surface area contributed by atoms with Crippen molar-refractivity contribution in [3.8, 4) is 0 Å². The maximum absolute atomic E-state index is 12.2. The van der Waals surface area contributed by atoms with Gasteiger partial charge >= 0.3 is 0 Å². The Bertz CT molecular complexity index is 636. The lowest BCUT2D eigenvalue weighted by Gasteiger charge is -2.39. The van der Waals surface area contributed by atoms with E-state index in [1.165, 1.54) is 0 Å². The smallest absolute Gasteiger partial charge is 0.267 e. The van der Waals surface area contributed by atoms with E-state index in [1.54, 1.807) is 10.7 Å². The van der Waals surface area contributed by atoms with Crippen LogP contribution in [0.3, 0.4) is 0 Å². The van der Waals surface area contributed by atoms with E-state index in [0.29, 0.717) is 12.6 Å². The van der Waals surface area contributed by atoms with Gasteiger partial charge in [0.1, 0.15) is 0 Å². The Balaban J connectivity index is 1.29. The van der Waals surface area contributed by atoms with Crippen LogP contribution >= 0.6 is 0 Å². The molecule has 0 spiro atoms. The number of aryl methyl sites for hydroxylation is 2. The first-order chi connectivity index (χ1) is 11.7. The summed E-state index contributed by atoms with van der Waals surface area (Å²) in [5, 5.41) is 14.6. The third kappa shape index (κ3) is 3.27. The number of aliphatic hydroxyl groups excluding tert-OH is 1. The Morgan fingerprint density at radius 3 is 2.67 bits per heavy atom. The van der Waals surface area contributed by atoms with Gasteiger partial charge in [0.25, 0.3) is 5.56 Å². The maximum atomic E-state index is 12.2. The van der Waals surface area contributed by atoms with Gasteiger partial charge in [0.15, 0.2) is 0 Å². The number of aromatic nitrogens is 2. The zero-order valence-electron chi connectivity index (χ0n) is 14.4. The highest BCUT2D eigenvalue weighted by Crippen LogP contribution is 2.25. The van der Waals surface area contributed by atoms with E-state index in [-0.39, 0.29) is 11.7 Å². The van der Waals surface area contributed by atoms with Crippen LogP contribution in [0.4, 0.5) is 0 Å². The van der Waals surface area contributed by atoms with Crippen molar-refractivity contribution in [3.63, 3.8) is 0 Å². The lowest BCUT2D eigenvalue weighted by Crippen LogP contribution is -2.52. The minimum Gasteiger partial charge on any atom is -0.391 e. The molecule has 0 radical (unpaired) electrons. The number of piperazine rings is 1. The van der Waals surface area contributed by atoms with Crippen molar-refractivity contribution in [3.05, 3.63) is 27.7 Å². The summed E-state index contributed by atoms with van der Waals surface area (Å²) in [5.74, 6) is 0. The highest BCUT2D eigenvalue weighted by Gasteiger charge is 2.32. The van der Waals surface area contributed by atoms with Gasteiger partial charge in [0.2, 0.25) is 0 Å². The van der Waals surface area contributed by atoms with E-state index in [0.717, 1.165) is 82.5 Å². The van der Waals surface area contributed by atoms with E-state index in [1.807, 2.05) is 0 Å². The van der Waals surface area contributed by atoms with Gasteiger partial charge in [-0.15, -0.1) is 0 Å². The predicted octanol–water partition coefficient (Wildman–Crippen LogP) is 0.263. The topological polar surface area (TPSA) is 61.6 Å². The molecular formula is C18H28N4O2. The second-order valence-electron chi connectivity index (χ2n) is 7.47. The molecule has 24 heavy (non-hydrogen) atoms. The maximum Gasteiger partial charge on any atom is 0.267 e. The minimum absolute atomic E-state index is 0.0448. The van der Waals surface area contributed by atoms with Crippen LogP contribution in [-0.4, -0.2) is 69.6 Å². The molecule has 0 bridgehead atoms. The molecule has 6 nitrogen and oxygen atoms in total. The Hall–Kier alpha value is -1.24. The predicted molar refractivity (Wildman–Crippen MR) is 92.2 cm³/mol. The SMILES string of the molecule is O=c1cc2c(nn1CCN1CCN(C3CCCC3O)CC1)CCC2. The fraction of sp³-hybridized carbons (Fsp3) is 0.778. The van der Waals surface area contributed by atoms with Crippen molar-refractivity contribution in [2.45, 2.75) is 57.2 Å². The summed E-state index contributed by atoms with van der Waals surface area (Å²) in [6.45, 7) is 5.64. The second kappa shape index (κ2) is 6.94. The summed E-state index contributed by atoms with van der Waals surface area (Å²) in [6.07, 6.45) is 6.25. The minimum atomic E-state index is -0.134. The standard InChI is InChI=1S/C18H28N4O2/c23-17-6-2-5-16(17)21-10-7-20(8-11-21)9-12-22-18(24)13-14-3-1-4-15(14)19-22/h13,16-17,23H,1-12H2. The fourth-order valence-corrected chi connectivity index (χ4v) is 4.50. The molecule has 132 valence electrons. The van der Waals surface area contributed by atoms with E-state index in [2.05, 4.69) is 14.9 Å². The van der Waals surface area contributed by atoms with E-state index in [4.69, 9.17) is 0 Å². The van der Waals surface area contributed by atoms with Crippen molar-refractivity contribution in [2.24, 2.45) is 0 Å². The number of fused-ring (bicyclic) bond motifs is 1. The highest BCUT2D eigenvalue weighted by molar-refractivity contribution is 5.22. The molecule has 2 atom stereocenters. The van der Waals surface area contributed by atoms with Crippen molar-refractivity contribution >= 4 is 0 Å². The van der Waals surface area contributed by atoms with E-state index >= 15 is 0 Å². The summed E-state index contributed by atoms with van der Waals surface area (Å²) in [7, 11) is 0. The molecule has 3 aliphatic rings. The first-order valence-corrected chi connectivity index (χ1v) is 9.45. The molecule has 0 amide bonds. The number of aliphatic hydroxyl groups is 1. The van der Waals surface area contributed by atoms with Crippen LogP contribution in [0.25, 0.3) is 0 Å². The molecule has 1 N–H and O–H groups in total. The van der Waals surface area contributed by atoms with Crippen LogP contribution in [0.5, 0.6) is 0 Å². The summed E-state index contributed by atoms with van der Waals surface area (Å²) < 4.78 is 1.65. The quantitative estimate of drug-likeness (QED) is 0.857. The van der Waals surface area contributed by atoms with Crippen LogP contribution in [0.1, 0.15) is 36.9 Å². The molecule has 1 aliphatic heterocycles. The zero-order valence-corrected chi connectivity index (χ0v) is 14.4. The molecule has 0 aromatic carbocycles. The Morgan fingerprint density at radius 1 is 1.08 bits per heavy atom. The second-order valence-corrected chi connectivity index (χ2v) is 7.47. The van der Waals surface area contributed by atoms with Crippen molar-refractivity contribution < 1.29 is 5.11 Å². The molecule has 1 saturated carbocycles. The molecule has 2 unspecified atom stereocenters. The number of hydrogen-bond donors (Lipinski definition) is 1. The van der Waals surface area contributed by atoms with Crippen LogP contribution in [0, 0.1) is 0 Å². The highest BCUT2D eigenvalue weighted by atomic mass is 16.3. The summed E-state index contributed by atoms with van der Waals surface area (Å²) in [5.41, 5.74) is 2.32. The van der Waals surface area contributed by atoms with Crippen LogP contribution in [0.15, 0.2) is 10.9 Å². The molecule has 1 saturated heterocycles. The fourth-order valence-electron chi connectivity index (χ4n) is 4.50. The molecule has 6 heteroatoms. The number of nitrogens with zero attached hydrogens (tertiary/aromatic N) is 4. The molecule has 2 fully saturated rings. The molecule has 4 rings (SSSR count). The molecule has 1 aromatic rings. The average molecular weight is 332 g/mol. The third-order valence-corrected chi connectivity index (χ3v) is 5.97. The monoisotopic (exact) mass is 332 g/mol. The van der Waals surface area contributed by atoms with Gasteiger partial charge in [-0.2, -0.15) is 5.10 Å². The van der Waals surface area contributed by atoms with Gasteiger partial charge in [0, 0.05) is 44.8 Å². The molecular weight excluding hydrogens is 304 g/mol. The normalized spacial score (nSPS) is 28.4. The lowest BCUT2D eigenvalue weighted by atomic mass is 10.1. The Morgan fingerprint density at radius 2 is 1.92 bits per heavy atom. The van der Waals surface area contributed by atoms with E-state index < -0.39 is 0 Å². The summed E-state index contributed by atoms with van der Waals surface area (Å²) in [4.78, 5) is 17.0. The van der Waals surface area contributed by atoms with E-state index in [9.17, 15) is 9.90 Å². The van der Waals surface area contributed by atoms with Crippen LogP contribution in [0.2, 0.25) is 0 Å². The molecule has 1 aromatic heterocycles. The Labute approximate surface area is 143 Å². The first kappa shape index (κ1) is 16.2. The molecule has 2 heterocycles. The molecule has 2 aliphatic carbocycles. The lowest BCUT2D eigenvalue weighted by molar-refractivity contribution is 0.0344. The van der Waals surface area contributed by atoms with Crippen molar-refractivity contribution in [1.29, 1.82) is 0 Å². The summed E-state index contributed by atoms with van der Waals surface area (Å²) in [6, 6.07) is 2.16. The van der Waals surface area contributed by atoms with Gasteiger partial charge < -0.3 is 5.11 Å². The average Bonchev–Trinajstić information content (AvgIpc) is 3.21. The first-order valence-electron chi connectivity index (χ1n) is 9.45. The largest absolute Gasteiger partial charge is 0.391 e. The van der Waals surface area contributed by atoms with Crippen molar-refractivity contribution in [2.75, 3.05) is 32.7 Å². The van der Waals surface area contributed by atoms with Gasteiger partial charge in [-0.1, -0.05) is 0 Å². The van der Waals surface area contributed by atoms with Crippen molar-refractivity contribution in [1.82, 2.24) is 19.6 Å². The van der Waals surface area contributed by atoms with Crippen LogP contribution in [-0.2, 0) is 19.4 Å². The van der Waals surface area contributed by atoms with Gasteiger partial charge in [-0.05, 0) is 44.1 Å². The number of rotatable bonds is 4. The van der Waals surface area contributed by atoms with Gasteiger partial charge in [0.05, 0.1) is 18.3 Å². The third-order valence-electron chi connectivity index (χ3n) is 5.97. The van der Waals surface area contributed by atoms with Gasteiger partial charge in [-0.3, -0.25) is 14.6 Å². The summed E-state index contributed by atoms with van der Waals surface area (Å²) >= 11 is 0. The Kier molecular flexibility index (Phi) is 4.70. The van der Waals surface area contributed by atoms with Gasteiger partial charge in [-0.25, -0.2) is 4.68 Å². The van der Waals surface area contributed by atoms with Crippen LogP contribution < -0.4 is 5.56 Å². The zero-order chi connectivity index (χ0) is 16.5. The number of hydrogen-bond acceptors (Lipinski definition) is 5.